The van der Waals surface area contributed by atoms with E-state index in [4.69, 9.17) is 14.2 Å². The minimum Gasteiger partial charge on any atom is -0.487 e. The summed E-state index contributed by atoms with van der Waals surface area (Å²) in [5, 5.41) is 23.5. The quantitative estimate of drug-likeness (QED) is 0.244. The van der Waals surface area contributed by atoms with E-state index in [0.717, 1.165) is 0 Å². The number of amides is 1. The molecule has 34 heavy (non-hydrogen) atoms. The largest absolute Gasteiger partial charge is 0.487 e. The molecule has 1 aliphatic heterocycles. The number of benzene rings is 2. The number of nitro benzene ring substituents is 1. The molecule has 10 heteroatoms. The van der Waals surface area contributed by atoms with Gasteiger partial charge in [0.1, 0.15) is 42.9 Å². The molecule has 0 saturated heterocycles. The predicted octanol–water partition coefficient (Wildman–Crippen LogP) is 3.89. The minimum atomic E-state index is -0.818. The number of fused-ring (bicyclic) bond motifs is 1. The Kier molecular flexibility index (Phi) is 6.65. The number of pyridine rings is 1. The summed E-state index contributed by atoms with van der Waals surface area (Å²) < 4.78 is 16.6. The van der Waals surface area contributed by atoms with Crippen LogP contribution in [0.2, 0.25) is 0 Å². The van der Waals surface area contributed by atoms with Crippen molar-refractivity contribution in [2.45, 2.75) is 6.61 Å². The molecule has 0 atom stereocenters. The highest BCUT2D eigenvalue weighted by Gasteiger charge is 2.24. The second kappa shape index (κ2) is 10.1. The number of aromatic nitrogens is 1. The molecule has 1 aliphatic rings. The van der Waals surface area contributed by atoms with Gasteiger partial charge in [-0.3, -0.25) is 19.9 Å². The molecule has 170 valence electrons. The van der Waals surface area contributed by atoms with Crippen LogP contribution < -0.4 is 19.5 Å². The van der Waals surface area contributed by atoms with Crippen molar-refractivity contribution >= 4 is 23.4 Å². The van der Waals surface area contributed by atoms with Crippen LogP contribution in [-0.4, -0.2) is 29.0 Å². The molecule has 0 saturated carbocycles. The van der Waals surface area contributed by atoms with Gasteiger partial charge >= 0.3 is 0 Å². The number of carbonyl (C=O) groups excluding carboxylic acids is 1. The van der Waals surface area contributed by atoms with Gasteiger partial charge in [-0.1, -0.05) is 24.3 Å². The maximum atomic E-state index is 12.8. The fourth-order valence-electron chi connectivity index (χ4n) is 3.19. The molecule has 2 aromatic carbocycles. The van der Waals surface area contributed by atoms with Gasteiger partial charge in [-0.2, -0.15) is 5.26 Å². The standard InChI is InChI=1S/C24H18N4O6/c25-14-17(11-16-5-1-2-7-21(16)34-15-18-6-3-4-8-26-18)24(29)27-19-12-22-23(33-10-9-32-22)13-20(19)28(30)31/h1-8,11-13H,9-10,15H2,(H,27,29)/b17-11+. The number of hydrogen-bond donors (Lipinski definition) is 1. The lowest BCUT2D eigenvalue weighted by atomic mass is 10.1. The predicted molar refractivity (Wildman–Crippen MR) is 121 cm³/mol. The number of hydrogen-bond acceptors (Lipinski definition) is 8. The maximum absolute atomic E-state index is 12.8. The highest BCUT2D eigenvalue weighted by molar-refractivity contribution is 6.10. The van der Waals surface area contributed by atoms with E-state index in [-0.39, 0.29) is 48.3 Å². The SMILES string of the molecule is N#C/C(=C\c1ccccc1OCc1ccccn1)C(=O)Nc1cc2c(cc1[N+](=O)[O-])OCCO2. The van der Waals surface area contributed by atoms with Gasteiger partial charge in [-0.15, -0.1) is 0 Å². The van der Waals surface area contributed by atoms with Crippen molar-refractivity contribution in [3.63, 3.8) is 0 Å². The Morgan fingerprint density at radius 3 is 2.62 bits per heavy atom. The number of ether oxygens (including phenoxy) is 3. The lowest BCUT2D eigenvalue weighted by Gasteiger charge is -2.19. The molecule has 3 aromatic rings. The molecule has 1 N–H and O–H groups in total. The average molecular weight is 458 g/mol. The van der Waals surface area contributed by atoms with Crippen LogP contribution in [0, 0.1) is 21.4 Å². The van der Waals surface area contributed by atoms with Gasteiger partial charge in [0, 0.05) is 17.8 Å². The highest BCUT2D eigenvalue weighted by Crippen LogP contribution is 2.39. The number of rotatable bonds is 7. The van der Waals surface area contributed by atoms with Crippen molar-refractivity contribution < 1.29 is 23.9 Å². The van der Waals surface area contributed by atoms with Crippen molar-refractivity contribution in [2.75, 3.05) is 18.5 Å². The molecule has 10 nitrogen and oxygen atoms in total. The van der Waals surface area contributed by atoms with Crippen LogP contribution in [0.25, 0.3) is 6.08 Å². The Morgan fingerprint density at radius 1 is 1.18 bits per heavy atom. The summed E-state index contributed by atoms with van der Waals surface area (Å²) in [6.45, 7) is 0.735. The maximum Gasteiger partial charge on any atom is 0.296 e. The average Bonchev–Trinajstić information content (AvgIpc) is 2.86. The summed E-state index contributed by atoms with van der Waals surface area (Å²) in [6, 6.07) is 16.7. The topological polar surface area (TPSA) is 137 Å². The van der Waals surface area contributed by atoms with Gasteiger partial charge in [0.2, 0.25) is 0 Å². The second-order valence-electron chi connectivity index (χ2n) is 7.04. The van der Waals surface area contributed by atoms with E-state index in [1.54, 1.807) is 36.5 Å². The number of nitriles is 1. The van der Waals surface area contributed by atoms with Gasteiger partial charge < -0.3 is 19.5 Å². The molecule has 0 unspecified atom stereocenters. The van der Waals surface area contributed by atoms with E-state index in [1.807, 2.05) is 18.2 Å². The smallest absolute Gasteiger partial charge is 0.296 e. The summed E-state index contributed by atoms with van der Waals surface area (Å²) in [7, 11) is 0. The normalized spacial score (nSPS) is 12.4. The van der Waals surface area contributed by atoms with Crippen LogP contribution in [0.15, 0.2) is 66.4 Å². The molecule has 0 bridgehead atoms. The molecular formula is C24H18N4O6. The Hall–Kier alpha value is -4.91. The van der Waals surface area contributed by atoms with Crippen LogP contribution >= 0.6 is 0 Å². The van der Waals surface area contributed by atoms with Crippen molar-refractivity contribution in [1.82, 2.24) is 4.98 Å². The number of para-hydroxylation sites is 1. The minimum absolute atomic E-state index is 0.111. The van der Waals surface area contributed by atoms with E-state index in [2.05, 4.69) is 10.3 Å². The molecule has 0 spiro atoms. The summed E-state index contributed by atoms with van der Waals surface area (Å²) in [5.41, 5.74) is 0.444. The van der Waals surface area contributed by atoms with Gasteiger partial charge in [-0.05, 0) is 24.3 Å². The summed E-state index contributed by atoms with van der Waals surface area (Å²) in [4.78, 5) is 27.9. The van der Waals surface area contributed by atoms with E-state index < -0.39 is 10.8 Å². The van der Waals surface area contributed by atoms with Crippen LogP contribution in [0.5, 0.6) is 17.2 Å². The highest BCUT2D eigenvalue weighted by atomic mass is 16.6. The van der Waals surface area contributed by atoms with Gasteiger partial charge in [-0.25, -0.2) is 0 Å². The van der Waals surface area contributed by atoms with E-state index in [0.29, 0.717) is 17.0 Å². The number of carbonyl (C=O) groups is 1. The molecule has 1 amide bonds. The first-order valence-electron chi connectivity index (χ1n) is 10.2. The van der Waals surface area contributed by atoms with Gasteiger partial charge in [0.15, 0.2) is 11.5 Å². The fraction of sp³-hybridized carbons (Fsp3) is 0.125. The zero-order chi connectivity index (χ0) is 23.9. The third kappa shape index (κ3) is 5.11. The third-order valence-electron chi connectivity index (χ3n) is 4.79. The lowest BCUT2D eigenvalue weighted by molar-refractivity contribution is -0.384. The fourth-order valence-corrected chi connectivity index (χ4v) is 3.19. The van der Waals surface area contributed by atoms with Crippen molar-refractivity contribution in [1.29, 1.82) is 5.26 Å². The summed E-state index contributed by atoms with van der Waals surface area (Å²) in [6.07, 6.45) is 3.01. The molecule has 1 aromatic heterocycles. The summed E-state index contributed by atoms with van der Waals surface area (Å²) >= 11 is 0. The van der Waals surface area contributed by atoms with Gasteiger partial charge in [0.05, 0.1) is 16.7 Å². The number of nitrogens with one attached hydrogen (secondary N) is 1. The zero-order valence-corrected chi connectivity index (χ0v) is 17.8. The van der Waals surface area contributed by atoms with E-state index >= 15 is 0 Å². The van der Waals surface area contributed by atoms with Crippen molar-refractivity contribution in [3.05, 3.63) is 87.7 Å². The van der Waals surface area contributed by atoms with Crippen molar-refractivity contribution in [2.24, 2.45) is 0 Å². The lowest BCUT2D eigenvalue weighted by Crippen LogP contribution is -2.18. The number of nitrogens with zero attached hydrogens (tertiary/aromatic N) is 3. The second-order valence-corrected chi connectivity index (χ2v) is 7.04. The van der Waals surface area contributed by atoms with Crippen molar-refractivity contribution in [3.8, 4) is 23.3 Å². The molecule has 4 rings (SSSR count). The van der Waals surface area contributed by atoms with Crippen LogP contribution in [0.4, 0.5) is 11.4 Å². The molecule has 0 aliphatic carbocycles. The first kappa shape index (κ1) is 22.3. The molecule has 2 heterocycles. The van der Waals surface area contributed by atoms with E-state index in [9.17, 15) is 20.2 Å². The number of nitro groups is 1. The van der Waals surface area contributed by atoms with Gasteiger partial charge in [0.25, 0.3) is 11.6 Å². The third-order valence-corrected chi connectivity index (χ3v) is 4.79. The molecular weight excluding hydrogens is 440 g/mol. The monoisotopic (exact) mass is 458 g/mol. The molecule has 0 fully saturated rings. The first-order valence-corrected chi connectivity index (χ1v) is 10.2. The molecule has 0 radical (unpaired) electrons. The first-order chi connectivity index (χ1) is 16.5. The summed E-state index contributed by atoms with van der Waals surface area (Å²) in [5.74, 6) is 0.106. The Labute approximate surface area is 194 Å². The number of anilines is 1. The van der Waals surface area contributed by atoms with E-state index in [1.165, 1.54) is 18.2 Å². The zero-order valence-electron chi connectivity index (χ0n) is 17.8. The van der Waals surface area contributed by atoms with Crippen LogP contribution in [0.3, 0.4) is 0 Å². The Bertz CT molecular complexity index is 1300. The Balaban J connectivity index is 1.58. The van der Waals surface area contributed by atoms with Crippen LogP contribution in [-0.2, 0) is 11.4 Å². The van der Waals surface area contributed by atoms with Crippen LogP contribution in [0.1, 0.15) is 11.3 Å². The Morgan fingerprint density at radius 2 is 1.91 bits per heavy atom.